The molecule has 1 aliphatic heterocycles. The van der Waals surface area contributed by atoms with Crippen LogP contribution in [0.5, 0.6) is 5.75 Å². The van der Waals surface area contributed by atoms with Crippen LogP contribution in [0.3, 0.4) is 0 Å². The van der Waals surface area contributed by atoms with E-state index in [0.717, 1.165) is 11.4 Å². The molecule has 54 valence electrons. The molecule has 0 N–H and O–H groups in total. The Balaban J connectivity index is 2.52. The Bertz CT molecular complexity index is 318. The second-order valence-electron chi connectivity index (χ2n) is 2.09. The van der Waals surface area contributed by atoms with E-state index < -0.39 is 0 Å². The molecule has 1 aromatic rings. The van der Waals surface area contributed by atoms with Crippen molar-refractivity contribution in [3.8, 4) is 5.75 Å². The molecular weight excluding hydrogens is 140 g/mol. The number of rotatable bonds is 0. The largest absolute Gasteiger partial charge is 0.461 e. The van der Waals surface area contributed by atoms with Crippen molar-refractivity contribution in [2.24, 2.45) is 10.2 Å². The van der Waals surface area contributed by atoms with Crippen LogP contribution in [0, 0.1) is 0 Å². The highest BCUT2D eigenvalue weighted by Gasteiger charge is 2.00. The number of fused-ring (bicyclic) bond motifs is 1. The summed E-state index contributed by atoms with van der Waals surface area (Å²) < 4.78 is 5.18. The maximum absolute atomic E-state index is 5.18. The summed E-state index contributed by atoms with van der Waals surface area (Å²) in [4.78, 5) is 0. The third-order valence-corrected chi connectivity index (χ3v) is 1.35. The zero-order chi connectivity index (χ0) is 7.52. The molecular formula is C8H6N2O. The third kappa shape index (κ3) is 1.12. The van der Waals surface area contributed by atoms with Gasteiger partial charge in [-0.1, -0.05) is 12.1 Å². The summed E-state index contributed by atoms with van der Waals surface area (Å²) >= 11 is 0. The zero-order valence-electron chi connectivity index (χ0n) is 5.77. The van der Waals surface area contributed by atoms with Crippen LogP contribution in [-0.2, 0) is 0 Å². The molecule has 3 nitrogen and oxygen atoms in total. The van der Waals surface area contributed by atoms with Gasteiger partial charge in [0.15, 0.2) is 5.75 Å². The van der Waals surface area contributed by atoms with Crippen molar-refractivity contribution in [1.82, 2.24) is 0 Å². The van der Waals surface area contributed by atoms with Gasteiger partial charge in [0.05, 0.1) is 6.20 Å². The van der Waals surface area contributed by atoms with Crippen molar-refractivity contribution in [1.29, 1.82) is 0 Å². The maximum atomic E-state index is 5.18. The molecule has 0 aliphatic carbocycles. The fourth-order valence-corrected chi connectivity index (χ4v) is 0.866. The molecule has 0 radical (unpaired) electrons. The number of hydrogen-bond acceptors (Lipinski definition) is 3. The SMILES string of the molecule is C1=COc2ccccc2N=N1. The predicted octanol–water partition coefficient (Wildman–Crippen LogP) is 2.63. The number of nitrogens with zero attached hydrogens (tertiary/aromatic N) is 2. The van der Waals surface area contributed by atoms with E-state index in [2.05, 4.69) is 10.2 Å². The van der Waals surface area contributed by atoms with Gasteiger partial charge in [0, 0.05) is 0 Å². The summed E-state index contributed by atoms with van der Waals surface area (Å²) in [7, 11) is 0. The lowest BCUT2D eigenvalue weighted by atomic mass is 10.3. The van der Waals surface area contributed by atoms with Crippen molar-refractivity contribution in [2.45, 2.75) is 0 Å². The summed E-state index contributed by atoms with van der Waals surface area (Å²) in [5, 5.41) is 7.63. The molecule has 0 unspecified atom stereocenters. The molecule has 0 saturated heterocycles. The Kier molecular flexibility index (Phi) is 1.41. The van der Waals surface area contributed by atoms with Gasteiger partial charge in [0.1, 0.15) is 11.9 Å². The van der Waals surface area contributed by atoms with E-state index in [-0.39, 0.29) is 0 Å². The number of hydrogen-bond donors (Lipinski definition) is 0. The highest BCUT2D eigenvalue weighted by molar-refractivity contribution is 5.51. The topological polar surface area (TPSA) is 34.0 Å². The highest BCUT2D eigenvalue weighted by Crippen LogP contribution is 2.28. The quantitative estimate of drug-likeness (QED) is 0.553. The average Bonchev–Trinajstić information content (AvgIpc) is 2.28. The van der Waals surface area contributed by atoms with Crippen molar-refractivity contribution >= 4 is 5.69 Å². The van der Waals surface area contributed by atoms with Gasteiger partial charge in [-0.25, -0.2) is 0 Å². The maximum Gasteiger partial charge on any atom is 0.154 e. The Hall–Kier alpha value is -1.64. The molecule has 1 heterocycles. The van der Waals surface area contributed by atoms with Gasteiger partial charge < -0.3 is 4.74 Å². The second-order valence-corrected chi connectivity index (χ2v) is 2.09. The molecule has 0 aromatic heterocycles. The van der Waals surface area contributed by atoms with Gasteiger partial charge in [0.2, 0.25) is 0 Å². The van der Waals surface area contributed by atoms with Gasteiger partial charge in [-0.05, 0) is 12.1 Å². The lowest BCUT2D eigenvalue weighted by Gasteiger charge is -1.98. The molecule has 0 amide bonds. The highest BCUT2D eigenvalue weighted by atomic mass is 16.5. The monoisotopic (exact) mass is 146 g/mol. The van der Waals surface area contributed by atoms with Crippen molar-refractivity contribution in [3.05, 3.63) is 36.7 Å². The number of benzene rings is 1. The molecule has 1 aromatic carbocycles. The second kappa shape index (κ2) is 2.54. The molecule has 0 atom stereocenters. The Morgan fingerprint density at radius 1 is 1.18 bits per heavy atom. The molecule has 11 heavy (non-hydrogen) atoms. The minimum atomic E-state index is 0.741. The Morgan fingerprint density at radius 3 is 3.09 bits per heavy atom. The predicted molar refractivity (Wildman–Crippen MR) is 40.7 cm³/mol. The van der Waals surface area contributed by atoms with Crippen LogP contribution in [0.2, 0.25) is 0 Å². The number of ether oxygens (including phenoxy) is 1. The molecule has 3 heteroatoms. The summed E-state index contributed by atoms with van der Waals surface area (Å²) in [5.41, 5.74) is 0.762. The van der Waals surface area contributed by atoms with Gasteiger partial charge in [-0.3, -0.25) is 0 Å². The van der Waals surface area contributed by atoms with Gasteiger partial charge in [0.25, 0.3) is 0 Å². The van der Waals surface area contributed by atoms with E-state index in [9.17, 15) is 0 Å². The molecule has 0 fully saturated rings. The summed E-state index contributed by atoms with van der Waals surface area (Å²) in [6, 6.07) is 7.50. The van der Waals surface area contributed by atoms with Crippen LogP contribution in [-0.4, -0.2) is 0 Å². The summed E-state index contributed by atoms with van der Waals surface area (Å²) in [5.74, 6) is 0.741. The zero-order valence-corrected chi connectivity index (χ0v) is 5.77. The van der Waals surface area contributed by atoms with E-state index in [1.54, 1.807) is 0 Å². The molecule has 2 rings (SSSR count). The van der Waals surface area contributed by atoms with Crippen LogP contribution in [0.1, 0.15) is 0 Å². The summed E-state index contributed by atoms with van der Waals surface area (Å²) in [6.07, 6.45) is 3.02. The lowest BCUT2D eigenvalue weighted by Crippen LogP contribution is -1.78. The van der Waals surface area contributed by atoms with Crippen molar-refractivity contribution in [2.75, 3.05) is 0 Å². The number of azo groups is 1. The van der Waals surface area contributed by atoms with Gasteiger partial charge in [-0.2, -0.15) is 5.11 Å². The van der Waals surface area contributed by atoms with Gasteiger partial charge in [-0.15, -0.1) is 5.11 Å². The average molecular weight is 146 g/mol. The van der Waals surface area contributed by atoms with Crippen LogP contribution in [0.4, 0.5) is 5.69 Å². The summed E-state index contributed by atoms with van der Waals surface area (Å²) in [6.45, 7) is 0. The minimum absolute atomic E-state index is 0.741. The first-order chi connectivity index (χ1) is 5.47. The van der Waals surface area contributed by atoms with E-state index in [1.165, 1.54) is 12.5 Å². The standard InChI is InChI=1S/C8H6N2O/c1-2-4-8-7(3-1)10-9-5-6-11-8/h1-6H. The van der Waals surface area contributed by atoms with Crippen molar-refractivity contribution in [3.63, 3.8) is 0 Å². The van der Waals surface area contributed by atoms with E-state index in [0.29, 0.717) is 0 Å². The van der Waals surface area contributed by atoms with E-state index >= 15 is 0 Å². The van der Waals surface area contributed by atoms with Gasteiger partial charge >= 0.3 is 0 Å². The molecule has 0 saturated carbocycles. The lowest BCUT2D eigenvalue weighted by molar-refractivity contribution is 0.484. The molecule has 1 aliphatic rings. The van der Waals surface area contributed by atoms with Crippen LogP contribution in [0.15, 0.2) is 47.0 Å². The smallest absolute Gasteiger partial charge is 0.154 e. The number of para-hydroxylation sites is 1. The fraction of sp³-hybridized carbons (Fsp3) is 0. The minimum Gasteiger partial charge on any atom is -0.461 e. The van der Waals surface area contributed by atoms with Crippen molar-refractivity contribution < 1.29 is 4.74 Å². The van der Waals surface area contributed by atoms with Crippen LogP contribution < -0.4 is 4.74 Å². The normalized spacial score (nSPS) is 13.5. The molecule has 0 spiro atoms. The van der Waals surface area contributed by atoms with Crippen LogP contribution >= 0.6 is 0 Å². The Morgan fingerprint density at radius 2 is 2.09 bits per heavy atom. The van der Waals surface area contributed by atoms with E-state index in [4.69, 9.17) is 4.74 Å². The first-order valence-electron chi connectivity index (χ1n) is 3.28. The fourth-order valence-electron chi connectivity index (χ4n) is 0.866. The third-order valence-electron chi connectivity index (χ3n) is 1.35. The van der Waals surface area contributed by atoms with Crippen LogP contribution in [0.25, 0.3) is 0 Å². The molecule has 0 bridgehead atoms. The first kappa shape index (κ1) is 6.09. The first-order valence-corrected chi connectivity index (χ1v) is 3.28. The Labute approximate surface area is 64.0 Å². The van der Waals surface area contributed by atoms with E-state index in [1.807, 2.05) is 24.3 Å².